The molecule has 0 atom stereocenters. The normalized spacial score (nSPS) is 15.9. The fourth-order valence-corrected chi connectivity index (χ4v) is 2.11. The molecule has 0 aromatic heterocycles. The number of benzene rings is 2. The molecule has 2 aromatic carbocycles. The molecule has 1 fully saturated rings. The van der Waals surface area contributed by atoms with Crippen molar-refractivity contribution in [1.29, 1.82) is 0 Å². The van der Waals surface area contributed by atoms with E-state index in [0.29, 0.717) is 11.5 Å². The number of amides is 1. The predicted octanol–water partition coefficient (Wildman–Crippen LogP) is 2.57. The van der Waals surface area contributed by atoms with Gasteiger partial charge in [0.15, 0.2) is 0 Å². The first-order valence-corrected chi connectivity index (χ1v) is 6.60. The Bertz CT molecular complexity index is 741. The molecule has 3 rings (SSSR count). The van der Waals surface area contributed by atoms with Crippen molar-refractivity contribution in [3.63, 3.8) is 0 Å². The number of rotatable bonds is 3. The van der Waals surface area contributed by atoms with E-state index >= 15 is 0 Å². The van der Waals surface area contributed by atoms with Crippen molar-refractivity contribution in [2.75, 3.05) is 5.01 Å². The summed E-state index contributed by atoms with van der Waals surface area (Å²) in [7, 11) is 0. The van der Waals surface area contributed by atoms with Crippen molar-refractivity contribution in [2.24, 2.45) is 4.99 Å². The zero-order valence-corrected chi connectivity index (χ0v) is 11.5. The molecule has 22 heavy (non-hydrogen) atoms. The van der Waals surface area contributed by atoms with E-state index < -0.39 is 4.92 Å². The zero-order chi connectivity index (χ0) is 15.5. The van der Waals surface area contributed by atoms with Crippen LogP contribution < -0.4 is 10.4 Å². The van der Waals surface area contributed by atoms with Crippen LogP contribution in [-0.2, 0) is 4.79 Å². The highest BCUT2D eigenvalue weighted by atomic mass is 16.6. The van der Waals surface area contributed by atoms with E-state index in [2.05, 4.69) is 10.4 Å². The highest BCUT2D eigenvalue weighted by Gasteiger charge is 2.26. The van der Waals surface area contributed by atoms with Crippen LogP contribution in [0.15, 0.2) is 59.6 Å². The molecule has 1 N–H and O–H groups in total. The maximum atomic E-state index is 12.0. The molecule has 0 spiro atoms. The van der Waals surface area contributed by atoms with Crippen molar-refractivity contribution in [3.05, 3.63) is 64.7 Å². The van der Waals surface area contributed by atoms with E-state index in [1.54, 1.807) is 12.1 Å². The molecule has 1 heterocycles. The SMILES string of the molecule is O=C1CC(=Nc2ccc([N+](=O)[O-])cc2)NN1c1ccccc1. The van der Waals surface area contributed by atoms with Crippen LogP contribution in [0.4, 0.5) is 17.1 Å². The number of nitrogens with one attached hydrogen (secondary N) is 1. The van der Waals surface area contributed by atoms with E-state index in [1.807, 2.05) is 30.3 Å². The van der Waals surface area contributed by atoms with Gasteiger partial charge in [-0.3, -0.25) is 20.3 Å². The molecule has 0 aliphatic carbocycles. The van der Waals surface area contributed by atoms with Gasteiger partial charge in [-0.1, -0.05) is 18.2 Å². The number of hydrogen-bond donors (Lipinski definition) is 1. The van der Waals surface area contributed by atoms with Crippen LogP contribution in [0.5, 0.6) is 0 Å². The van der Waals surface area contributed by atoms with Crippen LogP contribution in [0, 0.1) is 10.1 Å². The van der Waals surface area contributed by atoms with Gasteiger partial charge >= 0.3 is 0 Å². The second-order valence-corrected chi connectivity index (χ2v) is 4.69. The number of non-ortho nitro benzene ring substituents is 1. The van der Waals surface area contributed by atoms with Gasteiger partial charge in [0.1, 0.15) is 5.84 Å². The Hall–Kier alpha value is -3.22. The van der Waals surface area contributed by atoms with Gasteiger partial charge in [0.25, 0.3) is 11.6 Å². The fraction of sp³-hybridized carbons (Fsp3) is 0.0667. The van der Waals surface area contributed by atoms with Crippen LogP contribution >= 0.6 is 0 Å². The van der Waals surface area contributed by atoms with E-state index in [0.717, 1.165) is 5.69 Å². The number of hydrazine groups is 1. The van der Waals surface area contributed by atoms with Crippen LogP contribution in [0.1, 0.15) is 6.42 Å². The number of para-hydroxylation sites is 1. The molecule has 7 heteroatoms. The Morgan fingerprint density at radius 2 is 1.77 bits per heavy atom. The highest BCUT2D eigenvalue weighted by molar-refractivity contribution is 6.14. The lowest BCUT2D eigenvalue weighted by atomic mass is 10.3. The highest BCUT2D eigenvalue weighted by Crippen LogP contribution is 2.21. The largest absolute Gasteiger partial charge is 0.278 e. The van der Waals surface area contributed by atoms with Crippen LogP contribution in [0.3, 0.4) is 0 Å². The minimum Gasteiger partial charge on any atom is -0.278 e. The average molecular weight is 296 g/mol. The summed E-state index contributed by atoms with van der Waals surface area (Å²) in [6.07, 6.45) is 0.159. The summed E-state index contributed by atoms with van der Waals surface area (Å²) < 4.78 is 0. The lowest BCUT2D eigenvalue weighted by Gasteiger charge is -2.15. The molecule has 0 radical (unpaired) electrons. The smallest absolute Gasteiger partial charge is 0.269 e. The van der Waals surface area contributed by atoms with Crippen molar-refractivity contribution < 1.29 is 9.72 Å². The first kappa shape index (κ1) is 13.7. The summed E-state index contributed by atoms with van der Waals surface area (Å²) >= 11 is 0. The zero-order valence-electron chi connectivity index (χ0n) is 11.5. The number of nitrogens with zero attached hydrogens (tertiary/aromatic N) is 3. The van der Waals surface area contributed by atoms with Gasteiger partial charge in [-0.15, -0.1) is 0 Å². The molecule has 1 saturated heterocycles. The number of carbonyl (C=O) groups excluding carboxylic acids is 1. The van der Waals surface area contributed by atoms with Gasteiger partial charge in [0.05, 0.1) is 22.7 Å². The van der Waals surface area contributed by atoms with Gasteiger partial charge < -0.3 is 0 Å². The third kappa shape index (κ3) is 2.78. The maximum Gasteiger partial charge on any atom is 0.269 e. The molecule has 2 aromatic rings. The van der Waals surface area contributed by atoms with E-state index in [4.69, 9.17) is 0 Å². The molecule has 1 aliphatic rings. The number of nitro groups is 1. The second kappa shape index (κ2) is 5.65. The first-order valence-electron chi connectivity index (χ1n) is 6.60. The minimum atomic E-state index is -0.467. The number of nitro benzene ring substituents is 1. The van der Waals surface area contributed by atoms with Crippen LogP contribution in [0.25, 0.3) is 0 Å². The molecule has 0 saturated carbocycles. The van der Waals surface area contributed by atoms with Crippen molar-refractivity contribution in [1.82, 2.24) is 5.43 Å². The maximum absolute atomic E-state index is 12.0. The van der Waals surface area contributed by atoms with Crippen molar-refractivity contribution in [2.45, 2.75) is 6.42 Å². The molecule has 1 amide bonds. The third-order valence-electron chi connectivity index (χ3n) is 3.15. The van der Waals surface area contributed by atoms with Gasteiger partial charge in [-0.25, -0.2) is 10.0 Å². The summed E-state index contributed by atoms with van der Waals surface area (Å²) in [6.45, 7) is 0. The van der Waals surface area contributed by atoms with Gasteiger partial charge in [-0.05, 0) is 24.3 Å². The summed E-state index contributed by atoms with van der Waals surface area (Å²) in [6, 6.07) is 15.0. The first-order chi connectivity index (χ1) is 10.6. The Morgan fingerprint density at radius 1 is 1.09 bits per heavy atom. The summed E-state index contributed by atoms with van der Waals surface area (Å²) in [4.78, 5) is 26.5. The predicted molar refractivity (Wildman–Crippen MR) is 81.9 cm³/mol. The Labute approximate surface area is 126 Å². The summed E-state index contributed by atoms with van der Waals surface area (Å²) in [5.41, 5.74) is 4.24. The molecular weight excluding hydrogens is 284 g/mol. The Morgan fingerprint density at radius 3 is 2.41 bits per heavy atom. The minimum absolute atomic E-state index is 0.00493. The van der Waals surface area contributed by atoms with E-state index in [-0.39, 0.29) is 18.0 Å². The molecule has 0 unspecified atom stereocenters. The lowest BCUT2D eigenvalue weighted by molar-refractivity contribution is -0.384. The number of hydrogen-bond acceptors (Lipinski definition) is 4. The Balaban J connectivity index is 1.79. The van der Waals surface area contributed by atoms with Gasteiger partial charge in [0, 0.05) is 12.1 Å². The summed E-state index contributed by atoms with van der Waals surface area (Å²) in [5.74, 6) is 0.398. The molecule has 7 nitrogen and oxygen atoms in total. The van der Waals surface area contributed by atoms with Crippen LogP contribution in [0.2, 0.25) is 0 Å². The van der Waals surface area contributed by atoms with E-state index in [9.17, 15) is 14.9 Å². The number of anilines is 1. The molecular formula is C15H12N4O3. The van der Waals surface area contributed by atoms with Crippen molar-refractivity contribution >= 4 is 28.8 Å². The number of aliphatic imine (C=N–C) groups is 1. The topological polar surface area (TPSA) is 87.8 Å². The number of carbonyl (C=O) groups is 1. The number of amidine groups is 1. The third-order valence-corrected chi connectivity index (χ3v) is 3.15. The van der Waals surface area contributed by atoms with Crippen molar-refractivity contribution in [3.8, 4) is 0 Å². The van der Waals surface area contributed by atoms with Gasteiger partial charge in [0.2, 0.25) is 0 Å². The Kier molecular flexibility index (Phi) is 3.53. The lowest BCUT2D eigenvalue weighted by Crippen LogP contribution is -2.35. The van der Waals surface area contributed by atoms with E-state index in [1.165, 1.54) is 17.1 Å². The fourth-order valence-electron chi connectivity index (χ4n) is 2.11. The standard InChI is InChI=1S/C15H12N4O3/c20-15-10-14(17-18(15)12-4-2-1-3-5-12)16-11-6-8-13(9-7-11)19(21)22/h1-9H,10H2,(H,16,17). The molecule has 0 bridgehead atoms. The molecule has 110 valence electrons. The monoisotopic (exact) mass is 296 g/mol. The molecule has 1 aliphatic heterocycles. The van der Waals surface area contributed by atoms with Crippen LogP contribution in [-0.4, -0.2) is 16.7 Å². The van der Waals surface area contributed by atoms with Gasteiger partial charge in [-0.2, -0.15) is 0 Å². The quantitative estimate of drug-likeness (QED) is 0.696. The average Bonchev–Trinajstić information content (AvgIpc) is 2.89. The second-order valence-electron chi connectivity index (χ2n) is 4.69. The summed E-state index contributed by atoms with van der Waals surface area (Å²) in [5, 5.41) is 12.0.